The highest BCUT2D eigenvalue weighted by Gasteiger charge is 2.63. The normalized spacial score (nSPS) is 28.3. The van der Waals surface area contributed by atoms with E-state index in [1.54, 1.807) is 6.92 Å². The number of methoxy groups -OCH3 is 3. The number of phenols is 3. The van der Waals surface area contributed by atoms with Crippen LogP contribution in [0.15, 0.2) is 33.2 Å². The molecule has 3 aliphatic heterocycles. The van der Waals surface area contributed by atoms with Gasteiger partial charge in [-0.05, 0) is 24.4 Å². The van der Waals surface area contributed by atoms with Gasteiger partial charge in [0, 0.05) is 31.6 Å². The van der Waals surface area contributed by atoms with Gasteiger partial charge in [0.15, 0.2) is 46.9 Å². The number of rotatable bonds is 5. The van der Waals surface area contributed by atoms with Crippen molar-refractivity contribution in [3.8, 4) is 28.7 Å². The van der Waals surface area contributed by atoms with E-state index in [9.17, 15) is 44.7 Å². The summed E-state index contributed by atoms with van der Waals surface area (Å²) in [5, 5.41) is 56.5. The predicted octanol–water partition coefficient (Wildman–Crippen LogP) is 1.26. The van der Waals surface area contributed by atoms with Crippen LogP contribution in [-0.4, -0.2) is 101 Å². The Morgan fingerprint density at radius 2 is 1.68 bits per heavy atom. The number of fused-ring (bicyclic) bond motifs is 4. The van der Waals surface area contributed by atoms with Crippen molar-refractivity contribution in [3.05, 3.63) is 62.4 Å². The number of allylic oxidation sites excluding steroid dienone is 2. The minimum Gasteiger partial charge on any atom is -0.507 e. The Morgan fingerprint density at radius 1 is 0.960 bits per heavy atom. The summed E-state index contributed by atoms with van der Waals surface area (Å²) in [4.78, 5) is 51.5. The Kier molecular flexibility index (Phi) is 7.80. The van der Waals surface area contributed by atoms with Gasteiger partial charge in [0.1, 0.15) is 23.3 Å². The smallest absolute Gasteiger partial charge is 0.374 e. The zero-order chi connectivity index (χ0) is 36.0. The van der Waals surface area contributed by atoms with Crippen LogP contribution in [0.5, 0.6) is 28.7 Å². The van der Waals surface area contributed by atoms with E-state index in [1.165, 1.54) is 13.2 Å². The number of ketones is 2. The molecule has 3 aromatic rings. The molecule has 1 saturated heterocycles. The van der Waals surface area contributed by atoms with Crippen LogP contribution in [0.1, 0.15) is 61.8 Å². The number of ether oxygens (including phenoxy) is 7. The van der Waals surface area contributed by atoms with Crippen molar-refractivity contribution < 1.29 is 77.5 Å². The highest BCUT2D eigenvalue weighted by atomic mass is 16.8. The number of hydrogen-bond acceptors (Lipinski definition) is 17. The molecule has 264 valence electrons. The molecule has 0 amide bonds. The maximum atomic E-state index is 13.2. The van der Waals surface area contributed by atoms with E-state index in [0.717, 1.165) is 26.4 Å². The van der Waals surface area contributed by atoms with Crippen LogP contribution < -0.4 is 15.1 Å². The van der Waals surface area contributed by atoms with Gasteiger partial charge >= 0.3 is 17.4 Å². The van der Waals surface area contributed by atoms with Crippen molar-refractivity contribution >= 4 is 28.3 Å². The van der Waals surface area contributed by atoms with Crippen molar-refractivity contribution in [2.24, 2.45) is 0 Å². The van der Waals surface area contributed by atoms with Gasteiger partial charge in [0.25, 0.3) is 0 Å². The monoisotopic (exact) mass is 710 g/mol. The van der Waals surface area contributed by atoms with E-state index in [4.69, 9.17) is 32.8 Å². The lowest BCUT2D eigenvalue weighted by Gasteiger charge is -2.44. The number of benzene rings is 2. The molecular weight excluding hydrogens is 680 g/mol. The molecule has 4 aliphatic rings. The highest BCUT2D eigenvalue weighted by molar-refractivity contribution is 6.26. The minimum absolute atomic E-state index is 0.0447. The van der Waals surface area contributed by atoms with E-state index >= 15 is 0 Å². The van der Waals surface area contributed by atoms with Crippen LogP contribution >= 0.6 is 0 Å². The molecular formula is C33H30O17. The summed E-state index contributed by atoms with van der Waals surface area (Å²) in [6.07, 6.45) is -7.15. The zero-order valence-electron chi connectivity index (χ0n) is 26.7. The zero-order valence-corrected chi connectivity index (χ0v) is 26.7. The molecule has 0 radical (unpaired) electrons. The number of esters is 1. The molecule has 1 aromatic heterocycles. The fourth-order valence-electron chi connectivity index (χ4n) is 6.86. The number of aliphatic hydroxyl groups excluding tert-OH is 2. The standard InChI is InChI=1S/C33H30O17/c1-10-23(36)15(44-3)9-18(46-10)48-30-22-25(38)20-13(34)8-14(43-2)24(37)21(20)27(40)29(22)50-33(30)17(35)7-12-5-11-6-16(31(41)45-4)47-32(42)19(11)26(39)28(12)49-33/h5-6,8,10,15,17-18,23,30,35-36,38-40H,7,9H2,1-4H3/t10-,15+,17+,18-,23-,30+,33+/m0/s1/i11+1,12+1,13+1,14+1,16+1,17+1,21+1,25+1,26+1,29+1,30+1,32+1. The summed E-state index contributed by atoms with van der Waals surface area (Å²) in [6.45, 7) is 1.55. The molecule has 5 N–H and O–H groups in total. The second-order valence-corrected chi connectivity index (χ2v) is 12.1. The molecule has 0 saturated carbocycles. The Bertz CT molecular complexity index is 2080. The Morgan fingerprint density at radius 3 is 2.36 bits per heavy atom. The average molecular weight is 710 g/mol. The average Bonchev–Trinajstić information content (AvgIpc) is 3.40. The van der Waals surface area contributed by atoms with Gasteiger partial charge in [-0.2, -0.15) is 0 Å². The Hall–Kier alpha value is -5.20. The molecule has 1 spiro atoms. The van der Waals surface area contributed by atoms with Crippen LogP contribution in [0.25, 0.3) is 10.8 Å². The first kappa shape index (κ1) is 33.3. The van der Waals surface area contributed by atoms with Gasteiger partial charge in [0.2, 0.25) is 11.5 Å². The lowest BCUT2D eigenvalue weighted by atomic mass is 10.0. The number of Topliss-reactive ketones (excluding diaryl/α,β-unsaturated/α-hetero) is 1. The van der Waals surface area contributed by atoms with Gasteiger partial charge in [-0.15, -0.1) is 0 Å². The van der Waals surface area contributed by atoms with Crippen molar-refractivity contribution in [1.82, 2.24) is 0 Å². The second kappa shape index (κ2) is 11.7. The molecule has 7 rings (SSSR count). The molecule has 4 heterocycles. The molecule has 1 fully saturated rings. The number of hydrogen-bond donors (Lipinski definition) is 5. The molecule has 7 atom stereocenters. The van der Waals surface area contributed by atoms with Gasteiger partial charge in [-0.3, -0.25) is 9.59 Å². The summed E-state index contributed by atoms with van der Waals surface area (Å²) < 4.78 is 44.5. The van der Waals surface area contributed by atoms with Crippen LogP contribution in [0.2, 0.25) is 0 Å². The van der Waals surface area contributed by atoms with E-state index in [-0.39, 0.29) is 23.8 Å². The molecule has 2 aromatic carbocycles. The number of phenolic OH excluding ortho intramolecular Hbond substituents is 3. The van der Waals surface area contributed by atoms with Crippen LogP contribution in [0.3, 0.4) is 0 Å². The first-order valence-corrected chi connectivity index (χ1v) is 15.2. The third-order valence-electron chi connectivity index (χ3n) is 9.33. The second-order valence-electron chi connectivity index (χ2n) is 12.1. The summed E-state index contributed by atoms with van der Waals surface area (Å²) in [5.41, 5.74) is -2.68. The van der Waals surface area contributed by atoms with Crippen molar-refractivity contribution in [3.63, 3.8) is 0 Å². The van der Waals surface area contributed by atoms with Crippen molar-refractivity contribution in [2.45, 2.75) is 62.4 Å². The van der Waals surface area contributed by atoms with Crippen LogP contribution in [-0.2, 0) is 30.1 Å². The van der Waals surface area contributed by atoms with E-state index in [2.05, 4.69) is 4.74 Å². The maximum absolute atomic E-state index is 13.2. The first-order valence-electron chi connectivity index (χ1n) is 15.2. The van der Waals surface area contributed by atoms with Gasteiger partial charge in [0.05, 0.1) is 43.1 Å². The van der Waals surface area contributed by atoms with E-state index in [0.29, 0.717) is 0 Å². The van der Waals surface area contributed by atoms with Gasteiger partial charge < -0.3 is 63.1 Å². The summed E-state index contributed by atoms with van der Waals surface area (Å²) >= 11 is 0. The number of carbonyl (C=O) groups is 3. The van der Waals surface area contributed by atoms with E-state index in [1.807, 2.05) is 0 Å². The molecule has 0 unspecified atom stereocenters. The van der Waals surface area contributed by atoms with Gasteiger partial charge in [-0.1, -0.05) is 0 Å². The van der Waals surface area contributed by atoms with Crippen LogP contribution in [0.4, 0.5) is 0 Å². The first-order chi connectivity index (χ1) is 23.8. The van der Waals surface area contributed by atoms with Crippen molar-refractivity contribution in [1.29, 1.82) is 0 Å². The van der Waals surface area contributed by atoms with Crippen LogP contribution in [0, 0.1) is 0 Å². The fourth-order valence-corrected chi connectivity index (χ4v) is 6.86. The third-order valence-corrected chi connectivity index (χ3v) is 9.33. The predicted molar refractivity (Wildman–Crippen MR) is 162 cm³/mol. The molecule has 0 bridgehead atoms. The summed E-state index contributed by atoms with van der Waals surface area (Å²) in [6, 6.07) is 2.52. The largest absolute Gasteiger partial charge is 0.507 e. The number of aliphatic hydroxyl groups is 2. The topological polar surface area (TPSA) is 247 Å². The SMILES string of the molecule is COC(=O)[13c]1c[13c]2c[13c]3c([13c](O)c2[13c](=O)o1)O[C@@]1(O[13c]2c([13c](O)c4[13c](c2O)C(=O)[13C](OC)=C[13C]4=O)[13C@H]1O[C@H]1C[C@@H](OC)[C@@H](O)[C@H](C)O1)[13C@H](O)C3. The molecule has 50 heavy (non-hydrogen) atoms. The fraction of sp³-hybridized carbons (Fsp3) is 0.394. The molecule has 17 heteroatoms. The number of carbonyl (C=O) groups excluding carboxylic acids is 3. The molecule has 17 nitrogen and oxygen atoms in total. The van der Waals surface area contributed by atoms with E-state index < -0.39 is 128 Å². The third kappa shape index (κ3) is 4.65. The lowest BCUT2D eigenvalue weighted by molar-refractivity contribution is -0.313. The highest BCUT2D eigenvalue weighted by Crippen LogP contribution is 2.61. The van der Waals surface area contributed by atoms with Crippen molar-refractivity contribution in [2.75, 3.05) is 21.3 Å². The van der Waals surface area contributed by atoms with Gasteiger partial charge in [-0.25, -0.2) is 9.59 Å². The minimum atomic E-state index is -2.50. The quantitative estimate of drug-likeness (QED) is 0.142. The lowest BCUT2D eigenvalue weighted by Crippen LogP contribution is -2.59. The maximum Gasteiger partial charge on any atom is 0.374 e. The Balaban J connectivity index is 1.41. The number of aromatic hydroxyl groups is 3. The summed E-state index contributed by atoms with van der Waals surface area (Å²) in [5.74, 6) is -9.75. The Labute approximate surface area is 280 Å². The summed E-state index contributed by atoms with van der Waals surface area (Å²) in [7, 11) is 3.58. The molecule has 1 aliphatic carbocycles.